The monoisotopic (exact) mass is 1060 g/mol. The number of carboxylic acid groups (broad SMARTS) is 1. The highest BCUT2D eigenvalue weighted by atomic mass is 19.1. The van der Waals surface area contributed by atoms with Crippen molar-refractivity contribution in [2.75, 3.05) is 49.5 Å². The summed E-state index contributed by atoms with van der Waals surface area (Å²) in [6.07, 6.45) is 3.92. The molecule has 1 unspecified atom stereocenters. The largest absolute Gasteiger partial charge is 0.477 e. The molecule has 4 heterocycles. The van der Waals surface area contributed by atoms with Crippen LogP contribution in [0.3, 0.4) is 0 Å². The number of anilines is 2. The number of aromatic nitrogens is 4. The summed E-state index contributed by atoms with van der Waals surface area (Å²) in [4.78, 5) is 123. The number of nitrogens with zero attached hydrogens (tertiary/aromatic N) is 7. The van der Waals surface area contributed by atoms with E-state index >= 15 is 4.39 Å². The second-order valence-electron chi connectivity index (χ2n) is 19.4. The van der Waals surface area contributed by atoms with Crippen LogP contribution < -0.4 is 37.5 Å². The Labute approximate surface area is 437 Å². The number of likely N-dealkylation sites (tertiary alicyclic amines) is 1. The first kappa shape index (κ1) is 57.3. The van der Waals surface area contributed by atoms with E-state index in [0.29, 0.717) is 61.2 Å². The highest BCUT2D eigenvalue weighted by Gasteiger charge is 2.32. The summed E-state index contributed by atoms with van der Waals surface area (Å²) < 4.78 is 24.0. The van der Waals surface area contributed by atoms with Crippen LogP contribution >= 0.6 is 0 Å². The van der Waals surface area contributed by atoms with E-state index in [1.54, 1.807) is 60.7 Å². The Bertz CT molecular complexity index is 2810. The van der Waals surface area contributed by atoms with Crippen LogP contribution in [-0.4, -0.2) is 127 Å². The number of piperazine rings is 1. The lowest BCUT2D eigenvalue weighted by molar-refractivity contribution is -0.153. The molecule has 0 aliphatic carbocycles. The van der Waals surface area contributed by atoms with Crippen LogP contribution in [0.25, 0.3) is 10.9 Å². The Kier molecular flexibility index (Phi) is 20.0. The smallest absolute Gasteiger partial charge is 0.410 e. The van der Waals surface area contributed by atoms with Gasteiger partial charge in [0.1, 0.15) is 29.7 Å². The third-order valence-corrected chi connectivity index (χ3v) is 13.2. The van der Waals surface area contributed by atoms with Crippen LogP contribution in [0.4, 0.5) is 25.4 Å². The minimum Gasteiger partial charge on any atom is -0.477 e. The van der Waals surface area contributed by atoms with Gasteiger partial charge < -0.3 is 45.9 Å². The third kappa shape index (κ3) is 14.9. The number of benzene rings is 2. The number of imide groups is 1. The number of rotatable bonds is 25. The number of halogens is 1. The molecule has 2 aliphatic rings. The van der Waals surface area contributed by atoms with E-state index in [1.807, 2.05) is 13.8 Å². The molecule has 0 bridgehead atoms. The number of fused-ring (bicyclic) bond motifs is 1. The second-order valence-corrected chi connectivity index (χ2v) is 19.4. The first-order chi connectivity index (χ1) is 36.3. The normalized spacial score (nSPS) is 15.0. The average Bonchev–Trinajstić information content (AvgIpc) is 4.01. The zero-order valence-corrected chi connectivity index (χ0v) is 43.3. The van der Waals surface area contributed by atoms with Gasteiger partial charge in [-0.1, -0.05) is 51.5 Å². The number of hydrogen-bond acceptors (Lipinski definition) is 14. The number of hydroxylamine groups is 1. The van der Waals surface area contributed by atoms with Gasteiger partial charge in [0.15, 0.2) is 6.10 Å². The van der Waals surface area contributed by atoms with Crippen molar-refractivity contribution in [3.05, 3.63) is 81.7 Å². The molecule has 2 saturated heterocycles. The number of carboxylic acids is 1. The third-order valence-electron chi connectivity index (χ3n) is 13.2. The van der Waals surface area contributed by atoms with Crippen LogP contribution in [0, 0.1) is 17.7 Å². The first-order valence-electron chi connectivity index (χ1n) is 25.5. The summed E-state index contributed by atoms with van der Waals surface area (Å²) >= 11 is 0. The molecule has 2 aromatic carbocycles. The number of ether oxygens (including phenoxy) is 1. The maximum Gasteiger partial charge on any atom is 0.410 e. The number of carbonyl (C=O) groups excluding carboxylic acids is 7. The first-order valence-corrected chi connectivity index (χ1v) is 25.5. The Morgan fingerprint density at radius 2 is 1.57 bits per heavy atom. The Hall–Kier alpha value is -7.96. The number of carbonyl (C=O) groups is 8. The van der Waals surface area contributed by atoms with Crippen molar-refractivity contribution in [1.29, 1.82) is 0 Å². The number of aromatic carboxylic acids is 1. The summed E-state index contributed by atoms with van der Waals surface area (Å²) in [5.41, 5.74) is 8.44. The molecule has 24 nitrogen and oxygen atoms in total. The van der Waals surface area contributed by atoms with E-state index in [-0.39, 0.29) is 99.7 Å². The maximum absolute atomic E-state index is 15.4. The molecule has 0 saturated carbocycles. The molecule has 8 amide bonds. The average molecular weight is 1060 g/mol. The van der Waals surface area contributed by atoms with Crippen LogP contribution in [0.1, 0.15) is 120 Å². The number of nitrogens with one attached hydrogen (secondary N) is 4. The number of hydrogen-bond donors (Lipinski definition) is 6. The lowest BCUT2D eigenvalue weighted by Crippen LogP contribution is -2.49. The van der Waals surface area contributed by atoms with Gasteiger partial charge in [0.05, 0.1) is 23.4 Å². The van der Waals surface area contributed by atoms with Gasteiger partial charge in [-0.3, -0.25) is 38.5 Å². The molecule has 0 spiro atoms. The van der Waals surface area contributed by atoms with Gasteiger partial charge in [-0.2, -0.15) is 0 Å². The molecule has 4 aromatic rings. The summed E-state index contributed by atoms with van der Waals surface area (Å²) in [5.74, 6) is -4.42. The van der Waals surface area contributed by atoms with E-state index < -0.39 is 70.8 Å². The highest BCUT2D eigenvalue weighted by Crippen LogP contribution is 2.28. The van der Waals surface area contributed by atoms with Crippen molar-refractivity contribution in [2.24, 2.45) is 17.6 Å². The number of amides is 8. The molecule has 2 aromatic heterocycles. The van der Waals surface area contributed by atoms with Crippen LogP contribution in [0.15, 0.2) is 53.6 Å². The van der Waals surface area contributed by atoms with E-state index in [0.717, 1.165) is 6.07 Å². The zero-order valence-electron chi connectivity index (χ0n) is 43.3. The summed E-state index contributed by atoms with van der Waals surface area (Å²) in [6, 6.07) is 6.88. The number of primary amides is 1. The van der Waals surface area contributed by atoms with Gasteiger partial charge >= 0.3 is 18.1 Å². The Morgan fingerprint density at radius 1 is 0.868 bits per heavy atom. The Morgan fingerprint density at radius 3 is 2.20 bits per heavy atom. The summed E-state index contributed by atoms with van der Waals surface area (Å²) in [6.45, 7) is 10.8. The van der Waals surface area contributed by atoms with Crippen LogP contribution in [-0.2, 0) is 46.7 Å². The quantitative estimate of drug-likeness (QED) is 0.0309. The number of pyridine rings is 1. The predicted molar refractivity (Wildman–Crippen MR) is 274 cm³/mol. The lowest BCUT2D eigenvalue weighted by Gasteiger charge is -2.35. The van der Waals surface area contributed by atoms with Crippen molar-refractivity contribution < 1.29 is 57.4 Å². The Balaban J connectivity index is 1.01. The molecule has 6 rings (SSSR count). The van der Waals surface area contributed by atoms with Crippen molar-refractivity contribution in [1.82, 2.24) is 45.5 Å². The molecule has 410 valence electrons. The van der Waals surface area contributed by atoms with Gasteiger partial charge in [-0.25, -0.2) is 28.9 Å². The van der Waals surface area contributed by atoms with E-state index in [4.69, 9.17) is 15.3 Å². The minimum atomic E-state index is -1.40. The molecule has 3 atom stereocenters. The van der Waals surface area contributed by atoms with Crippen molar-refractivity contribution in [2.45, 2.75) is 117 Å². The second kappa shape index (κ2) is 26.5. The van der Waals surface area contributed by atoms with E-state index in [1.165, 1.54) is 26.7 Å². The molecule has 2 fully saturated rings. The number of nitrogens with two attached hydrogens (primary N) is 1. The number of aryl methyl sites for hydroxylation is 1. The van der Waals surface area contributed by atoms with E-state index in [9.17, 15) is 48.3 Å². The van der Waals surface area contributed by atoms with Crippen molar-refractivity contribution in [3.8, 4) is 0 Å². The molecular weight excluding hydrogens is 992 g/mol. The summed E-state index contributed by atoms with van der Waals surface area (Å²) in [7, 11) is 0. The van der Waals surface area contributed by atoms with Gasteiger partial charge in [-0.05, 0) is 74.3 Å². The topological polar surface area (TPSA) is 312 Å². The zero-order chi connectivity index (χ0) is 55.2. The van der Waals surface area contributed by atoms with Crippen molar-refractivity contribution in [3.63, 3.8) is 0 Å². The van der Waals surface area contributed by atoms with E-state index in [2.05, 4.69) is 31.7 Å². The molecule has 0 radical (unpaired) electrons. The molecular formula is C51H67FN12O12. The van der Waals surface area contributed by atoms with Gasteiger partial charge in [0.2, 0.25) is 29.1 Å². The standard InChI is InChI=1S/C51H67FN12O12/c1-6-60-27-35(49(71)72)45(68)34-25-36(52)40(26-39(34)60)61-21-23-62(24-22-61)51(74)75-29-32-13-15-33(16-14-32)55-47(69)38(11-10-19-54-50(53)73)64-28-37(57-59-64)44(30(2)3)56-48(70)46(31(4)5)76-58-41(65)12-8-7-9-20-63-42(66)17-18-43(63)67/h13-16,25-28,30-31,38,44,46H,6-12,17-24,29H2,1-5H3,(H,55,69)(H,56,70)(H,58,65)(H,71,72)(H3,53,54,73)/t38-,44-,46?/m0/s1. The molecule has 25 heteroatoms. The van der Waals surface area contributed by atoms with Crippen LogP contribution in [0.2, 0.25) is 0 Å². The SMILES string of the molecule is CCn1cc(C(=O)O)c(=O)c2cc(F)c(N3CCN(C(=O)OCc4ccc(NC(=O)[C@H](CCCNC(N)=O)n5cc([C@@H](NC(=O)C(ONC(=O)CCCCCN6C(=O)CCC6=O)C(C)C)C(C)C)nn5)cc4)CC3)cc21. The fourth-order valence-corrected chi connectivity index (χ4v) is 8.90. The fourth-order valence-electron chi connectivity index (χ4n) is 8.90. The highest BCUT2D eigenvalue weighted by molar-refractivity contribution is 6.02. The van der Waals surface area contributed by atoms with Gasteiger partial charge in [0, 0.05) is 82.3 Å². The van der Waals surface area contributed by atoms with Gasteiger partial charge in [-0.15, -0.1) is 5.10 Å². The lowest BCUT2D eigenvalue weighted by atomic mass is 9.99. The maximum atomic E-state index is 15.4. The summed E-state index contributed by atoms with van der Waals surface area (Å²) in [5, 5.41) is 26.4. The van der Waals surface area contributed by atoms with Crippen LogP contribution in [0.5, 0.6) is 0 Å². The van der Waals surface area contributed by atoms with Gasteiger partial charge in [0.25, 0.3) is 5.91 Å². The minimum absolute atomic E-state index is 0.0377. The predicted octanol–water partition coefficient (Wildman–Crippen LogP) is 4.13. The van der Waals surface area contributed by atoms with Crippen molar-refractivity contribution >= 4 is 69.9 Å². The molecule has 2 aliphatic heterocycles. The molecule has 76 heavy (non-hydrogen) atoms. The molecule has 7 N–H and O–H groups in total. The fraction of sp³-hybridized carbons (Fsp3) is 0.510. The number of unbranched alkanes of at least 4 members (excludes halogenated alkanes) is 2. The number of urea groups is 1.